The molecule has 5 heteroatoms. The molecule has 2 aromatic rings. The minimum Gasteiger partial charge on any atom is -0.496 e. The monoisotopic (exact) mass is 350 g/mol. The van der Waals surface area contributed by atoms with Crippen molar-refractivity contribution in [1.29, 1.82) is 0 Å². The third kappa shape index (κ3) is 2.60. The molecule has 0 saturated carbocycles. The summed E-state index contributed by atoms with van der Waals surface area (Å²) in [6, 6.07) is 3.96. The third-order valence-electron chi connectivity index (χ3n) is 3.74. The summed E-state index contributed by atoms with van der Waals surface area (Å²) in [6.45, 7) is 4.42. The van der Waals surface area contributed by atoms with Crippen LogP contribution in [0.4, 0.5) is 5.69 Å². The fourth-order valence-electron chi connectivity index (χ4n) is 2.72. The van der Waals surface area contributed by atoms with Crippen LogP contribution in [-0.2, 0) is 17.8 Å². The number of hydrogen-bond acceptors (Lipinski definition) is 4. The number of nitrogens with one attached hydrogen (secondary N) is 1. The van der Waals surface area contributed by atoms with E-state index >= 15 is 0 Å². The molecule has 0 unspecified atom stereocenters. The molecule has 4 nitrogen and oxygen atoms in total. The predicted molar refractivity (Wildman–Crippen MR) is 88.1 cm³/mol. The van der Waals surface area contributed by atoms with Crippen molar-refractivity contribution in [2.45, 2.75) is 26.4 Å². The Hall–Kier alpha value is -1.33. The Morgan fingerprint density at radius 1 is 1.43 bits per heavy atom. The van der Waals surface area contributed by atoms with Gasteiger partial charge < -0.3 is 14.8 Å². The summed E-state index contributed by atoms with van der Waals surface area (Å²) >= 11 is 3.61. The Kier molecular flexibility index (Phi) is 4.31. The molecule has 1 N–H and O–H groups in total. The molecular weight excluding hydrogens is 332 g/mol. The number of benzene rings is 1. The summed E-state index contributed by atoms with van der Waals surface area (Å²) in [5.74, 6) is 0.840. The first-order chi connectivity index (χ1) is 10.3. The molecule has 1 aliphatic heterocycles. The van der Waals surface area contributed by atoms with Gasteiger partial charge in [0, 0.05) is 23.0 Å². The molecule has 0 radical (unpaired) electrons. The second-order valence-corrected chi connectivity index (χ2v) is 5.97. The van der Waals surface area contributed by atoms with E-state index in [0.29, 0.717) is 6.61 Å². The molecule has 0 amide bonds. The zero-order valence-electron chi connectivity index (χ0n) is 12.3. The summed E-state index contributed by atoms with van der Waals surface area (Å²) in [5, 5.41) is 4.58. The van der Waals surface area contributed by atoms with Gasteiger partial charge in [-0.15, -0.1) is 0 Å². The molecule has 0 aliphatic carbocycles. The van der Waals surface area contributed by atoms with Crippen LogP contribution in [0.2, 0.25) is 0 Å². The van der Waals surface area contributed by atoms with Crippen molar-refractivity contribution in [2.24, 2.45) is 0 Å². The number of rotatable bonds is 4. The molecule has 0 atom stereocenters. The zero-order chi connectivity index (χ0) is 14.8. The van der Waals surface area contributed by atoms with Crippen LogP contribution in [0.3, 0.4) is 0 Å². The first-order valence-electron chi connectivity index (χ1n) is 7.25. The number of anilines is 1. The van der Waals surface area contributed by atoms with E-state index in [2.05, 4.69) is 28.2 Å². The predicted octanol–water partition coefficient (Wildman–Crippen LogP) is 3.90. The van der Waals surface area contributed by atoms with Crippen molar-refractivity contribution in [1.82, 2.24) is 4.98 Å². The van der Waals surface area contributed by atoms with Crippen molar-refractivity contribution in [3.63, 3.8) is 0 Å². The average molecular weight is 351 g/mol. The van der Waals surface area contributed by atoms with E-state index in [-0.39, 0.29) is 0 Å². The second kappa shape index (κ2) is 6.20. The molecule has 1 aromatic carbocycles. The second-order valence-electron chi connectivity index (χ2n) is 5.11. The Bertz CT molecular complexity index is 673. The third-order valence-corrected chi connectivity index (χ3v) is 4.38. The van der Waals surface area contributed by atoms with E-state index in [0.717, 1.165) is 58.5 Å². The van der Waals surface area contributed by atoms with Gasteiger partial charge in [0.15, 0.2) is 0 Å². The minimum atomic E-state index is 0.611. The van der Waals surface area contributed by atoms with Crippen molar-refractivity contribution in [2.75, 3.05) is 25.6 Å². The molecule has 21 heavy (non-hydrogen) atoms. The van der Waals surface area contributed by atoms with Gasteiger partial charge in [-0.25, -0.2) is 0 Å². The van der Waals surface area contributed by atoms with Crippen LogP contribution < -0.4 is 10.1 Å². The van der Waals surface area contributed by atoms with Gasteiger partial charge in [0.25, 0.3) is 0 Å². The maximum absolute atomic E-state index is 5.64. The highest BCUT2D eigenvalue weighted by atomic mass is 79.9. The van der Waals surface area contributed by atoms with Gasteiger partial charge in [0.1, 0.15) is 5.75 Å². The number of methoxy groups -OCH3 is 1. The van der Waals surface area contributed by atoms with Crippen LogP contribution >= 0.6 is 15.9 Å². The highest BCUT2D eigenvalue weighted by molar-refractivity contribution is 9.10. The van der Waals surface area contributed by atoms with Gasteiger partial charge in [0.05, 0.1) is 42.6 Å². The van der Waals surface area contributed by atoms with Gasteiger partial charge in [-0.3, -0.25) is 4.98 Å². The van der Waals surface area contributed by atoms with Crippen molar-refractivity contribution in [3.05, 3.63) is 27.9 Å². The first kappa shape index (κ1) is 14.6. The number of halogens is 1. The summed E-state index contributed by atoms with van der Waals surface area (Å²) < 4.78 is 12.2. The van der Waals surface area contributed by atoms with Crippen LogP contribution in [0.5, 0.6) is 5.75 Å². The number of hydrogen-bond donors (Lipinski definition) is 1. The summed E-state index contributed by atoms with van der Waals surface area (Å²) in [5.41, 5.74) is 4.35. The van der Waals surface area contributed by atoms with Gasteiger partial charge in [-0.05, 0) is 34.5 Å². The van der Waals surface area contributed by atoms with Crippen molar-refractivity contribution in [3.8, 4) is 5.75 Å². The van der Waals surface area contributed by atoms with E-state index in [1.807, 2.05) is 12.1 Å². The lowest BCUT2D eigenvalue weighted by Crippen LogP contribution is -2.16. The number of nitrogens with zero attached hydrogens (tertiary/aromatic N) is 1. The molecule has 112 valence electrons. The number of pyridine rings is 1. The lowest BCUT2D eigenvalue weighted by molar-refractivity contribution is 0.110. The molecule has 1 aromatic heterocycles. The highest BCUT2D eigenvalue weighted by Crippen LogP contribution is 2.40. The Morgan fingerprint density at radius 2 is 2.29 bits per heavy atom. The van der Waals surface area contributed by atoms with Crippen LogP contribution in [-0.4, -0.2) is 25.2 Å². The zero-order valence-corrected chi connectivity index (χ0v) is 13.9. The standard InChI is InChI=1S/C16H19BrN2O2/c1-3-7-18-15-10-9-21-8-6-12(10)19-16-11(17)4-5-13(20-2)14(15)16/h4-5H,3,6-9H2,1-2H3,(H,18,19). The summed E-state index contributed by atoms with van der Waals surface area (Å²) in [4.78, 5) is 4.85. The van der Waals surface area contributed by atoms with E-state index < -0.39 is 0 Å². The van der Waals surface area contributed by atoms with E-state index in [9.17, 15) is 0 Å². The van der Waals surface area contributed by atoms with Crippen molar-refractivity contribution >= 4 is 32.5 Å². The fraction of sp³-hybridized carbons (Fsp3) is 0.438. The minimum absolute atomic E-state index is 0.611. The van der Waals surface area contributed by atoms with Crippen LogP contribution in [0.1, 0.15) is 24.6 Å². The molecule has 0 saturated heterocycles. The SMILES string of the molecule is CCCNc1c2c(nc3c(Br)ccc(OC)c13)CCOC2. The van der Waals surface area contributed by atoms with Gasteiger partial charge >= 0.3 is 0 Å². The van der Waals surface area contributed by atoms with Gasteiger partial charge in [-0.2, -0.15) is 0 Å². The smallest absolute Gasteiger partial charge is 0.130 e. The molecule has 0 fully saturated rings. The fourth-order valence-corrected chi connectivity index (χ4v) is 3.14. The topological polar surface area (TPSA) is 43.4 Å². The summed E-state index contributed by atoms with van der Waals surface area (Å²) in [7, 11) is 1.70. The number of fused-ring (bicyclic) bond motifs is 2. The lowest BCUT2D eigenvalue weighted by Gasteiger charge is -2.23. The van der Waals surface area contributed by atoms with Crippen LogP contribution in [0.25, 0.3) is 10.9 Å². The molecule has 2 heterocycles. The Morgan fingerprint density at radius 3 is 3.05 bits per heavy atom. The Balaban J connectivity index is 2.31. The van der Waals surface area contributed by atoms with E-state index in [1.54, 1.807) is 7.11 Å². The van der Waals surface area contributed by atoms with Crippen LogP contribution in [0, 0.1) is 0 Å². The first-order valence-corrected chi connectivity index (χ1v) is 8.05. The number of aromatic nitrogens is 1. The van der Waals surface area contributed by atoms with Gasteiger partial charge in [-0.1, -0.05) is 6.92 Å². The average Bonchev–Trinajstić information content (AvgIpc) is 2.52. The van der Waals surface area contributed by atoms with Gasteiger partial charge in [0.2, 0.25) is 0 Å². The molecule has 1 aliphatic rings. The number of ether oxygens (including phenoxy) is 2. The van der Waals surface area contributed by atoms with E-state index in [4.69, 9.17) is 14.5 Å². The van der Waals surface area contributed by atoms with Crippen LogP contribution in [0.15, 0.2) is 16.6 Å². The normalized spacial score (nSPS) is 14.0. The molecule has 0 bridgehead atoms. The van der Waals surface area contributed by atoms with E-state index in [1.165, 1.54) is 5.56 Å². The summed E-state index contributed by atoms with van der Waals surface area (Å²) in [6.07, 6.45) is 1.92. The maximum atomic E-state index is 5.64. The largest absolute Gasteiger partial charge is 0.496 e. The molecule has 0 spiro atoms. The molecule has 3 rings (SSSR count). The highest BCUT2D eigenvalue weighted by Gasteiger charge is 2.21. The quantitative estimate of drug-likeness (QED) is 0.907. The lowest BCUT2D eigenvalue weighted by atomic mass is 10.0. The maximum Gasteiger partial charge on any atom is 0.130 e. The van der Waals surface area contributed by atoms with Crippen molar-refractivity contribution < 1.29 is 9.47 Å². The molecular formula is C16H19BrN2O2. The Labute approximate surface area is 133 Å².